The van der Waals surface area contributed by atoms with Gasteiger partial charge in [0.1, 0.15) is 19.1 Å². The minimum atomic E-state index is -0.0234. The average molecular weight is 281 g/mol. The van der Waals surface area contributed by atoms with Crippen LogP contribution in [0.15, 0.2) is 36.8 Å². The van der Waals surface area contributed by atoms with Crippen molar-refractivity contribution in [1.29, 1.82) is 0 Å². The topological polar surface area (TPSA) is 60.2 Å². The molecule has 1 aromatic carbocycles. The van der Waals surface area contributed by atoms with Crippen LogP contribution in [0.5, 0.6) is 5.75 Å². The molecule has 0 bridgehead atoms. The van der Waals surface area contributed by atoms with Crippen molar-refractivity contribution in [2.24, 2.45) is 0 Å². The lowest BCUT2D eigenvalue weighted by Crippen LogP contribution is -2.12. The van der Waals surface area contributed by atoms with Crippen LogP contribution in [0, 0.1) is 0 Å². The van der Waals surface area contributed by atoms with E-state index in [1.54, 1.807) is 19.6 Å². The molecule has 0 aliphatic heterocycles. The molecule has 0 fully saturated rings. The molecule has 0 saturated heterocycles. The number of hydrogen-bond acceptors (Lipinski definition) is 4. The first-order chi connectivity index (χ1) is 10.2. The van der Waals surface area contributed by atoms with Gasteiger partial charge in [0, 0.05) is 11.8 Å². The van der Waals surface area contributed by atoms with E-state index in [4.69, 9.17) is 4.74 Å². The lowest BCUT2D eigenvalue weighted by Gasteiger charge is -2.07. The fourth-order valence-corrected chi connectivity index (χ4v) is 2.39. The summed E-state index contributed by atoms with van der Waals surface area (Å²) in [6.45, 7) is 0.659. The van der Waals surface area contributed by atoms with Gasteiger partial charge in [0.05, 0.1) is 26.6 Å². The second kappa shape index (κ2) is 5.57. The first kappa shape index (κ1) is 13.6. The fraction of sp³-hybridized carbons (Fsp3) is 0.200. The SMILES string of the molecule is Bc1cnc2c(ncn2Cc2ccc(OC)cc2)c1CO. The fourth-order valence-electron chi connectivity index (χ4n) is 2.39. The number of hydrogen-bond donors (Lipinski definition) is 1. The van der Waals surface area contributed by atoms with Gasteiger partial charge in [-0.15, -0.1) is 0 Å². The number of methoxy groups -OCH3 is 1. The Labute approximate surface area is 123 Å². The highest BCUT2D eigenvalue weighted by Crippen LogP contribution is 2.17. The summed E-state index contributed by atoms with van der Waals surface area (Å²) in [6.07, 6.45) is 3.54. The molecule has 106 valence electrons. The van der Waals surface area contributed by atoms with Gasteiger partial charge in [0.25, 0.3) is 0 Å². The van der Waals surface area contributed by atoms with Crippen LogP contribution in [0.3, 0.4) is 0 Å². The lowest BCUT2D eigenvalue weighted by atomic mass is 9.92. The van der Waals surface area contributed by atoms with E-state index in [0.717, 1.165) is 33.5 Å². The molecule has 0 unspecified atom stereocenters. The molecular weight excluding hydrogens is 265 g/mol. The molecule has 6 heteroatoms. The third-order valence-corrected chi connectivity index (χ3v) is 3.62. The minimum Gasteiger partial charge on any atom is -0.497 e. The number of aliphatic hydroxyl groups excluding tert-OH is 1. The van der Waals surface area contributed by atoms with E-state index in [0.29, 0.717) is 6.54 Å². The molecule has 2 aromatic heterocycles. The third kappa shape index (κ3) is 2.50. The molecule has 0 aliphatic carbocycles. The van der Waals surface area contributed by atoms with E-state index in [2.05, 4.69) is 9.97 Å². The van der Waals surface area contributed by atoms with Gasteiger partial charge in [-0.2, -0.15) is 0 Å². The second-order valence-corrected chi connectivity index (χ2v) is 4.97. The van der Waals surface area contributed by atoms with E-state index >= 15 is 0 Å². The van der Waals surface area contributed by atoms with E-state index in [-0.39, 0.29) is 6.61 Å². The summed E-state index contributed by atoms with van der Waals surface area (Å²) < 4.78 is 7.14. The standard InChI is InChI=1S/C15H16BN3O2/c1-21-11-4-2-10(3-5-11)7-19-9-18-14-12(8-20)13(16)6-17-15(14)19/h2-6,9,20H,7-8,16H2,1H3. The van der Waals surface area contributed by atoms with Crippen LogP contribution in [0.4, 0.5) is 0 Å². The molecule has 5 nitrogen and oxygen atoms in total. The van der Waals surface area contributed by atoms with Crippen LogP contribution in [0.1, 0.15) is 11.1 Å². The van der Waals surface area contributed by atoms with E-state index in [9.17, 15) is 5.11 Å². The van der Waals surface area contributed by atoms with Crippen LogP contribution in [-0.4, -0.2) is 34.6 Å². The zero-order valence-electron chi connectivity index (χ0n) is 12.1. The first-order valence-corrected chi connectivity index (χ1v) is 6.76. The molecule has 0 atom stereocenters. The molecule has 3 rings (SSSR count). The predicted molar refractivity (Wildman–Crippen MR) is 83.7 cm³/mol. The molecule has 0 aliphatic rings. The number of aliphatic hydroxyl groups is 1. The largest absolute Gasteiger partial charge is 0.497 e. The zero-order valence-corrected chi connectivity index (χ0v) is 12.1. The number of fused-ring (bicyclic) bond motifs is 1. The van der Waals surface area contributed by atoms with E-state index in [1.807, 2.05) is 36.7 Å². The Morgan fingerprint density at radius 1 is 1.24 bits per heavy atom. The Kier molecular flexibility index (Phi) is 3.62. The van der Waals surface area contributed by atoms with Gasteiger partial charge >= 0.3 is 0 Å². The van der Waals surface area contributed by atoms with Crippen LogP contribution >= 0.6 is 0 Å². The number of aromatic nitrogens is 3. The monoisotopic (exact) mass is 281 g/mol. The Balaban J connectivity index is 1.97. The van der Waals surface area contributed by atoms with E-state index in [1.165, 1.54) is 0 Å². The highest BCUT2D eigenvalue weighted by atomic mass is 16.5. The first-order valence-electron chi connectivity index (χ1n) is 6.76. The molecule has 1 N–H and O–H groups in total. The summed E-state index contributed by atoms with van der Waals surface area (Å²) in [7, 11) is 3.58. The van der Waals surface area contributed by atoms with Gasteiger partial charge in [-0.05, 0) is 17.7 Å². The van der Waals surface area contributed by atoms with Gasteiger partial charge in [-0.1, -0.05) is 17.6 Å². The van der Waals surface area contributed by atoms with Crippen LogP contribution in [0.2, 0.25) is 0 Å². The molecule has 2 heterocycles. The lowest BCUT2D eigenvalue weighted by molar-refractivity contribution is 0.284. The van der Waals surface area contributed by atoms with Crippen LogP contribution in [-0.2, 0) is 13.2 Å². The minimum absolute atomic E-state index is 0.0234. The van der Waals surface area contributed by atoms with Crippen molar-refractivity contribution in [3.05, 3.63) is 47.9 Å². The normalized spacial score (nSPS) is 11.0. The summed E-state index contributed by atoms with van der Waals surface area (Å²) in [5, 5.41) is 9.48. The predicted octanol–water partition coefficient (Wildman–Crippen LogP) is 0.239. The molecule has 0 saturated carbocycles. The molecule has 0 spiro atoms. The quantitative estimate of drug-likeness (QED) is 0.696. The highest BCUT2D eigenvalue weighted by Gasteiger charge is 2.10. The molecule has 3 aromatic rings. The number of imidazole rings is 1. The van der Waals surface area contributed by atoms with Gasteiger partial charge in [-0.25, -0.2) is 9.97 Å². The van der Waals surface area contributed by atoms with Crippen LogP contribution < -0.4 is 10.2 Å². The van der Waals surface area contributed by atoms with Crippen molar-refractivity contribution in [2.75, 3.05) is 7.11 Å². The zero-order chi connectivity index (χ0) is 14.8. The maximum absolute atomic E-state index is 9.48. The Morgan fingerprint density at radius 2 is 2.00 bits per heavy atom. The smallest absolute Gasteiger partial charge is 0.160 e. The maximum Gasteiger partial charge on any atom is 0.160 e. The van der Waals surface area contributed by atoms with Crippen LogP contribution in [0.25, 0.3) is 11.2 Å². The number of rotatable bonds is 4. The Bertz CT molecular complexity index is 768. The van der Waals surface area contributed by atoms with Crippen molar-refractivity contribution in [1.82, 2.24) is 14.5 Å². The summed E-state index contributed by atoms with van der Waals surface area (Å²) in [5.74, 6) is 0.838. The summed E-state index contributed by atoms with van der Waals surface area (Å²) in [5.41, 5.74) is 4.50. The molecule has 21 heavy (non-hydrogen) atoms. The molecule has 0 radical (unpaired) electrons. The van der Waals surface area contributed by atoms with Gasteiger partial charge < -0.3 is 14.4 Å². The number of ether oxygens (including phenoxy) is 1. The van der Waals surface area contributed by atoms with E-state index < -0.39 is 0 Å². The molecule has 0 amide bonds. The maximum atomic E-state index is 9.48. The van der Waals surface area contributed by atoms with Crippen molar-refractivity contribution in [3.8, 4) is 5.75 Å². The van der Waals surface area contributed by atoms with Crippen molar-refractivity contribution in [3.63, 3.8) is 0 Å². The molecular formula is C15H16BN3O2. The van der Waals surface area contributed by atoms with Gasteiger partial charge in [-0.3, -0.25) is 0 Å². The summed E-state index contributed by atoms with van der Waals surface area (Å²) in [6, 6.07) is 7.91. The number of benzene rings is 1. The Hall–Kier alpha value is -2.34. The van der Waals surface area contributed by atoms with Crippen molar-refractivity contribution < 1.29 is 9.84 Å². The van der Waals surface area contributed by atoms with Crippen molar-refractivity contribution >= 4 is 24.5 Å². The van der Waals surface area contributed by atoms with Gasteiger partial charge in [0.15, 0.2) is 5.65 Å². The highest BCUT2D eigenvalue weighted by molar-refractivity contribution is 6.34. The van der Waals surface area contributed by atoms with Crippen molar-refractivity contribution in [2.45, 2.75) is 13.2 Å². The average Bonchev–Trinajstić information content (AvgIpc) is 2.91. The Morgan fingerprint density at radius 3 is 2.67 bits per heavy atom. The van der Waals surface area contributed by atoms with Gasteiger partial charge in [0.2, 0.25) is 0 Å². The number of pyridine rings is 1. The summed E-state index contributed by atoms with van der Waals surface area (Å²) >= 11 is 0. The third-order valence-electron chi connectivity index (χ3n) is 3.62. The summed E-state index contributed by atoms with van der Waals surface area (Å²) in [4.78, 5) is 8.84. The second-order valence-electron chi connectivity index (χ2n) is 4.97. The number of nitrogens with zero attached hydrogens (tertiary/aromatic N) is 3.